The van der Waals surface area contributed by atoms with Gasteiger partial charge in [0.05, 0.1) is 0 Å². The molecular weight excluding hydrogens is 280 g/mol. The Hall–Kier alpha value is -0.0400. The molecule has 2 saturated carbocycles. The van der Waals surface area contributed by atoms with Crippen molar-refractivity contribution < 1.29 is 4.74 Å². The molecule has 2 aliphatic carbocycles. The average molecular weight is 323 g/mol. The van der Waals surface area contributed by atoms with Gasteiger partial charge in [0.1, 0.15) is 0 Å². The number of rotatable bonds is 6. The third-order valence-corrected chi connectivity index (χ3v) is 6.30. The molecule has 0 aromatic carbocycles. The Labute approximate surface area is 146 Å². The molecule has 2 rings (SSSR count). The Morgan fingerprint density at radius 1 is 0.696 bits per heavy atom. The van der Waals surface area contributed by atoms with E-state index in [0.29, 0.717) is 10.8 Å². The molecule has 1 nitrogen and oxygen atoms in total. The Kier molecular flexibility index (Phi) is 6.62. The Morgan fingerprint density at radius 3 is 1.43 bits per heavy atom. The largest absolute Gasteiger partial charge is 0.381 e. The van der Waals surface area contributed by atoms with Crippen LogP contribution < -0.4 is 0 Å². The van der Waals surface area contributed by atoms with Gasteiger partial charge in [0.25, 0.3) is 0 Å². The molecule has 0 aromatic heterocycles. The van der Waals surface area contributed by atoms with E-state index in [9.17, 15) is 0 Å². The normalized spacial score (nSPS) is 36.8. The van der Waals surface area contributed by atoms with Crippen LogP contribution in [0.3, 0.4) is 0 Å². The van der Waals surface area contributed by atoms with Crippen LogP contribution in [0.5, 0.6) is 0 Å². The summed E-state index contributed by atoms with van der Waals surface area (Å²) in [6.45, 7) is 16.6. The van der Waals surface area contributed by atoms with Gasteiger partial charge in [-0.15, -0.1) is 0 Å². The van der Waals surface area contributed by atoms with Crippen LogP contribution in [0.15, 0.2) is 0 Å². The quantitative estimate of drug-likeness (QED) is 0.494. The van der Waals surface area contributed by atoms with Gasteiger partial charge < -0.3 is 4.74 Å². The third-order valence-electron chi connectivity index (χ3n) is 6.30. The van der Waals surface area contributed by atoms with Crippen molar-refractivity contribution in [1.82, 2.24) is 0 Å². The lowest BCUT2D eigenvalue weighted by molar-refractivity contribution is 0.0584. The van der Waals surface area contributed by atoms with Crippen LogP contribution in [-0.4, -0.2) is 13.2 Å². The average Bonchev–Trinajstić information content (AvgIpc) is 2.33. The highest BCUT2D eigenvalue weighted by Crippen LogP contribution is 2.43. The highest BCUT2D eigenvalue weighted by atomic mass is 16.5. The van der Waals surface area contributed by atoms with Crippen LogP contribution in [0.25, 0.3) is 0 Å². The van der Waals surface area contributed by atoms with Gasteiger partial charge in [-0.1, -0.05) is 41.5 Å². The lowest BCUT2D eigenvalue weighted by Crippen LogP contribution is -2.29. The standard InChI is InChI=1S/C22H42O/c1-17-11-19(15-21(3,4)13-17)7-9-23-10-8-20-12-18(2)14-22(5,6)16-20/h17-20H,7-16H2,1-6H3/t17-,18-,19+,20+/m1/s1. The molecule has 0 saturated heterocycles. The van der Waals surface area contributed by atoms with Crippen LogP contribution in [0, 0.1) is 34.5 Å². The lowest BCUT2D eigenvalue weighted by atomic mass is 9.67. The number of hydrogen-bond donors (Lipinski definition) is 0. The molecule has 0 heterocycles. The van der Waals surface area contributed by atoms with E-state index in [1.165, 1.54) is 51.4 Å². The van der Waals surface area contributed by atoms with Gasteiger partial charge in [-0.05, 0) is 85.9 Å². The molecule has 4 atom stereocenters. The summed E-state index contributed by atoms with van der Waals surface area (Å²) in [5.41, 5.74) is 1.10. The second-order valence-corrected chi connectivity index (χ2v) is 10.7. The zero-order valence-electron chi connectivity index (χ0n) is 16.8. The molecule has 0 amide bonds. The maximum absolute atomic E-state index is 6.05. The molecule has 136 valence electrons. The molecule has 0 radical (unpaired) electrons. The molecule has 0 spiro atoms. The maximum Gasteiger partial charge on any atom is 0.0468 e. The monoisotopic (exact) mass is 322 g/mol. The van der Waals surface area contributed by atoms with E-state index >= 15 is 0 Å². The lowest BCUT2D eigenvalue weighted by Gasteiger charge is -2.39. The first-order valence-corrected chi connectivity index (χ1v) is 10.2. The molecular formula is C22H42O. The molecule has 1 heteroatoms. The minimum atomic E-state index is 0.548. The first-order chi connectivity index (χ1) is 10.7. The molecule has 2 aliphatic rings. The summed E-state index contributed by atoms with van der Waals surface area (Å²) < 4.78 is 6.05. The fourth-order valence-corrected chi connectivity index (χ4v) is 6.13. The molecule has 0 N–H and O–H groups in total. The summed E-state index contributed by atoms with van der Waals surface area (Å²) in [5, 5.41) is 0. The van der Waals surface area contributed by atoms with Gasteiger partial charge in [-0.25, -0.2) is 0 Å². The van der Waals surface area contributed by atoms with Crippen molar-refractivity contribution in [3.63, 3.8) is 0 Å². The second kappa shape index (κ2) is 7.89. The van der Waals surface area contributed by atoms with Crippen molar-refractivity contribution in [1.29, 1.82) is 0 Å². The maximum atomic E-state index is 6.05. The second-order valence-electron chi connectivity index (χ2n) is 10.7. The molecule has 2 fully saturated rings. The summed E-state index contributed by atoms with van der Waals surface area (Å²) in [7, 11) is 0. The highest BCUT2D eigenvalue weighted by molar-refractivity contribution is 4.83. The highest BCUT2D eigenvalue weighted by Gasteiger charge is 2.32. The summed E-state index contributed by atoms with van der Waals surface area (Å²) in [4.78, 5) is 0. The van der Waals surface area contributed by atoms with Gasteiger partial charge in [-0.2, -0.15) is 0 Å². The van der Waals surface area contributed by atoms with E-state index in [1.54, 1.807) is 0 Å². The first-order valence-electron chi connectivity index (χ1n) is 10.2. The van der Waals surface area contributed by atoms with Crippen molar-refractivity contribution in [2.75, 3.05) is 13.2 Å². The van der Waals surface area contributed by atoms with Crippen LogP contribution in [-0.2, 0) is 4.74 Å². The smallest absolute Gasteiger partial charge is 0.0468 e. The van der Waals surface area contributed by atoms with E-state index in [2.05, 4.69) is 41.5 Å². The van der Waals surface area contributed by atoms with Crippen molar-refractivity contribution in [3.05, 3.63) is 0 Å². The predicted molar refractivity (Wildman–Crippen MR) is 101 cm³/mol. The van der Waals surface area contributed by atoms with Crippen LogP contribution in [0.4, 0.5) is 0 Å². The Morgan fingerprint density at radius 2 is 1.09 bits per heavy atom. The topological polar surface area (TPSA) is 9.23 Å². The van der Waals surface area contributed by atoms with E-state index < -0.39 is 0 Å². The summed E-state index contributed by atoms with van der Waals surface area (Å²) in [6, 6.07) is 0. The van der Waals surface area contributed by atoms with Crippen molar-refractivity contribution >= 4 is 0 Å². The summed E-state index contributed by atoms with van der Waals surface area (Å²) in [5.74, 6) is 3.58. The van der Waals surface area contributed by atoms with Crippen LogP contribution in [0.1, 0.15) is 92.9 Å². The Bertz CT molecular complexity index is 323. The first kappa shape index (κ1) is 19.3. The van der Waals surface area contributed by atoms with E-state index in [4.69, 9.17) is 4.74 Å². The van der Waals surface area contributed by atoms with E-state index in [1.807, 2.05) is 0 Å². The Balaban J connectivity index is 1.61. The molecule has 0 aromatic rings. The van der Waals surface area contributed by atoms with Crippen LogP contribution >= 0.6 is 0 Å². The SMILES string of the molecule is C[C@@H]1C[C@H](CCOCC[C@H]2C[C@@H](C)CC(C)(C)C2)CC(C)(C)C1. The van der Waals surface area contributed by atoms with E-state index in [0.717, 1.165) is 36.9 Å². The van der Waals surface area contributed by atoms with Gasteiger partial charge in [-0.3, -0.25) is 0 Å². The van der Waals surface area contributed by atoms with Crippen LogP contribution in [0.2, 0.25) is 0 Å². The van der Waals surface area contributed by atoms with Gasteiger partial charge in [0.15, 0.2) is 0 Å². The minimum Gasteiger partial charge on any atom is -0.381 e. The van der Waals surface area contributed by atoms with Crippen molar-refractivity contribution in [2.45, 2.75) is 92.9 Å². The molecule has 0 aliphatic heterocycles. The zero-order valence-corrected chi connectivity index (χ0v) is 16.8. The molecule has 0 bridgehead atoms. The van der Waals surface area contributed by atoms with Gasteiger partial charge in [0.2, 0.25) is 0 Å². The molecule has 0 unspecified atom stereocenters. The van der Waals surface area contributed by atoms with E-state index in [-0.39, 0.29) is 0 Å². The number of ether oxygens (including phenoxy) is 1. The fraction of sp³-hybridized carbons (Fsp3) is 1.00. The van der Waals surface area contributed by atoms with Gasteiger partial charge in [0, 0.05) is 13.2 Å². The third kappa shape index (κ3) is 6.77. The fourth-order valence-electron chi connectivity index (χ4n) is 6.13. The van der Waals surface area contributed by atoms with Gasteiger partial charge >= 0.3 is 0 Å². The zero-order chi connectivity index (χ0) is 17.1. The predicted octanol–water partition coefficient (Wildman–Crippen LogP) is 6.71. The summed E-state index contributed by atoms with van der Waals surface area (Å²) >= 11 is 0. The summed E-state index contributed by atoms with van der Waals surface area (Å²) in [6.07, 6.45) is 11.0. The molecule has 23 heavy (non-hydrogen) atoms. The van der Waals surface area contributed by atoms with Crippen molar-refractivity contribution in [2.24, 2.45) is 34.5 Å². The van der Waals surface area contributed by atoms with Crippen molar-refractivity contribution in [3.8, 4) is 0 Å². The number of hydrogen-bond acceptors (Lipinski definition) is 1. The minimum absolute atomic E-state index is 0.548.